The van der Waals surface area contributed by atoms with Gasteiger partial charge in [-0.15, -0.1) is 0 Å². The molecule has 1 aliphatic rings. The van der Waals surface area contributed by atoms with Crippen molar-refractivity contribution in [3.05, 3.63) is 24.0 Å². The summed E-state index contributed by atoms with van der Waals surface area (Å²) in [6, 6.07) is 4.36. The van der Waals surface area contributed by atoms with Crippen LogP contribution in [0, 0.1) is 5.41 Å². The molecule has 0 saturated carbocycles. The zero-order chi connectivity index (χ0) is 13.1. The molecule has 1 atom stereocenters. The fourth-order valence-corrected chi connectivity index (χ4v) is 2.50. The van der Waals surface area contributed by atoms with Crippen molar-refractivity contribution in [2.75, 3.05) is 31.6 Å². The summed E-state index contributed by atoms with van der Waals surface area (Å²) >= 11 is 0. The molecule has 5 nitrogen and oxygen atoms in total. The highest BCUT2D eigenvalue weighted by Gasteiger charge is 2.20. The first-order valence-corrected chi connectivity index (χ1v) is 6.33. The number of amidine groups is 1. The second-order valence-electron chi connectivity index (χ2n) is 4.97. The summed E-state index contributed by atoms with van der Waals surface area (Å²) in [4.78, 5) is 8.84. The van der Waals surface area contributed by atoms with E-state index in [1.807, 2.05) is 12.1 Å². The smallest absolute Gasteiger partial charge is 0.141 e. The molecule has 0 amide bonds. The topological polar surface area (TPSA) is 69.2 Å². The van der Waals surface area contributed by atoms with Crippen LogP contribution < -0.4 is 10.6 Å². The molecule has 0 radical (unpaired) electrons. The number of likely N-dealkylation sites (N-methyl/N-ethyl adjacent to an activating group) is 1. The van der Waals surface area contributed by atoms with Gasteiger partial charge in [-0.05, 0) is 39.1 Å². The van der Waals surface area contributed by atoms with Crippen molar-refractivity contribution in [2.24, 2.45) is 5.73 Å². The Bertz CT molecular complexity index is 431. The van der Waals surface area contributed by atoms with Gasteiger partial charge in [0.1, 0.15) is 11.5 Å². The highest BCUT2D eigenvalue weighted by Crippen LogP contribution is 2.20. The Morgan fingerprint density at radius 3 is 3.00 bits per heavy atom. The Kier molecular flexibility index (Phi) is 3.81. The molecular formula is C13H21N5. The van der Waals surface area contributed by atoms with E-state index < -0.39 is 0 Å². The first-order valence-electron chi connectivity index (χ1n) is 6.33. The second-order valence-corrected chi connectivity index (χ2v) is 4.97. The Hall–Kier alpha value is -1.62. The van der Waals surface area contributed by atoms with Crippen molar-refractivity contribution in [3.8, 4) is 0 Å². The molecular weight excluding hydrogens is 226 g/mol. The van der Waals surface area contributed by atoms with Crippen molar-refractivity contribution < 1.29 is 0 Å². The SMILES string of the molecule is CC1CN(C)CCCN1c1ccnc(C(=N)N)c1. The van der Waals surface area contributed by atoms with Gasteiger partial charge >= 0.3 is 0 Å². The highest BCUT2D eigenvalue weighted by atomic mass is 15.2. The minimum atomic E-state index is 0.0245. The molecule has 1 aliphatic heterocycles. The molecule has 98 valence electrons. The van der Waals surface area contributed by atoms with Gasteiger partial charge in [-0.1, -0.05) is 0 Å². The fraction of sp³-hybridized carbons (Fsp3) is 0.538. The Morgan fingerprint density at radius 2 is 2.28 bits per heavy atom. The molecule has 1 fully saturated rings. The van der Waals surface area contributed by atoms with Crippen LogP contribution in [0.5, 0.6) is 0 Å². The number of rotatable bonds is 2. The zero-order valence-corrected chi connectivity index (χ0v) is 11.1. The monoisotopic (exact) mass is 247 g/mol. The highest BCUT2D eigenvalue weighted by molar-refractivity contribution is 5.93. The van der Waals surface area contributed by atoms with Gasteiger partial charge in [0.15, 0.2) is 0 Å². The van der Waals surface area contributed by atoms with E-state index in [0.29, 0.717) is 11.7 Å². The van der Waals surface area contributed by atoms with Gasteiger partial charge in [0.05, 0.1) is 0 Å². The maximum Gasteiger partial charge on any atom is 0.141 e. The molecule has 1 aromatic heterocycles. The van der Waals surface area contributed by atoms with Crippen molar-refractivity contribution in [3.63, 3.8) is 0 Å². The van der Waals surface area contributed by atoms with E-state index >= 15 is 0 Å². The zero-order valence-electron chi connectivity index (χ0n) is 11.1. The van der Waals surface area contributed by atoms with Crippen LogP contribution in [-0.2, 0) is 0 Å². The molecule has 5 heteroatoms. The summed E-state index contributed by atoms with van der Waals surface area (Å²) in [5.41, 5.74) is 7.16. The van der Waals surface area contributed by atoms with E-state index in [-0.39, 0.29) is 5.84 Å². The van der Waals surface area contributed by atoms with E-state index in [9.17, 15) is 0 Å². The van der Waals surface area contributed by atoms with Crippen LogP contribution in [0.15, 0.2) is 18.3 Å². The van der Waals surface area contributed by atoms with Gasteiger partial charge in [-0.3, -0.25) is 10.4 Å². The van der Waals surface area contributed by atoms with Gasteiger partial charge in [0.2, 0.25) is 0 Å². The number of hydrogen-bond acceptors (Lipinski definition) is 4. The van der Waals surface area contributed by atoms with Crippen LogP contribution in [0.4, 0.5) is 5.69 Å². The maximum atomic E-state index is 7.46. The largest absolute Gasteiger partial charge is 0.382 e. The van der Waals surface area contributed by atoms with E-state index in [2.05, 4.69) is 28.8 Å². The number of anilines is 1. The van der Waals surface area contributed by atoms with E-state index in [1.54, 1.807) is 6.20 Å². The minimum Gasteiger partial charge on any atom is -0.382 e. The van der Waals surface area contributed by atoms with Crippen LogP contribution in [0.25, 0.3) is 0 Å². The number of nitrogens with zero attached hydrogens (tertiary/aromatic N) is 3. The lowest BCUT2D eigenvalue weighted by Gasteiger charge is -2.30. The standard InChI is InChI=1S/C13H21N5/c1-10-9-17(2)6-3-7-18(10)11-4-5-16-12(8-11)13(14)15/h4-5,8,10H,3,6-7,9H2,1-2H3,(H3,14,15). The number of pyridine rings is 1. The third-order valence-electron chi connectivity index (χ3n) is 3.40. The molecule has 0 bridgehead atoms. The van der Waals surface area contributed by atoms with Crippen LogP contribution in [0.3, 0.4) is 0 Å². The van der Waals surface area contributed by atoms with Crippen LogP contribution >= 0.6 is 0 Å². The number of nitrogens with two attached hydrogens (primary N) is 1. The summed E-state index contributed by atoms with van der Waals surface area (Å²) in [6.07, 6.45) is 2.88. The Labute approximate surface area is 108 Å². The molecule has 1 unspecified atom stereocenters. The lowest BCUT2D eigenvalue weighted by Crippen LogP contribution is -2.38. The normalized spacial score (nSPS) is 21.7. The quantitative estimate of drug-likeness (QED) is 0.601. The summed E-state index contributed by atoms with van der Waals surface area (Å²) in [5, 5.41) is 7.46. The minimum absolute atomic E-state index is 0.0245. The lowest BCUT2D eigenvalue weighted by molar-refractivity contribution is 0.337. The van der Waals surface area contributed by atoms with Gasteiger partial charge in [0, 0.05) is 31.0 Å². The lowest BCUT2D eigenvalue weighted by atomic mass is 10.2. The second kappa shape index (κ2) is 5.35. The average Bonchev–Trinajstić information content (AvgIpc) is 2.50. The predicted octanol–water partition coefficient (Wildman–Crippen LogP) is 0.896. The number of aromatic nitrogens is 1. The van der Waals surface area contributed by atoms with Crippen molar-refractivity contribution in [1.29, 1.82) is 5.41 Å². The van der Waals surface area contributed by atoms with Crippen molar-refractivity contribution in [1.82, 2.24) is 9.88 Å². The van der Waals surface area contributed by atoms with Gasteiger partial charge < -0.3 is 15.5 Å². The molecule has 1 saturated heterocycles. The van der Waals surface area contributed by atoms with E-state index in [0.717, 1.165) is 31.7 Å². The predicted molar refractivity (Wildman–Crippen MR) is 74.2 cm³/mol. The van der Waals surface area contributed by atoms with Crippen LogP contribution in [-0.4, -0.2) is 48.4 Å². The summed E-state index contributed by atoms with van der Waals surface area (Å²) in [6.45, 7) is 5.45. The molecule has 3 N–H and O–H groups in total. The summed E-state index contributed by atoms with van der Waals surface area (Å²) < 4.78 is 0. The first kappa shape index (κ1) is 12.8. The van der Waals surface area contributed by atoms with E-state index in [4.69, 9.17) is 11.1 Å². The first-order chi connectivity index (χ1) is 8.58. The fourth-order valence-electron chi connectivity index (χ4n) is 2.50. The van der Waals surface area contributed by atoms with Crippen LogP contribution in [0.2, 0.25) is 0 Å². The Morgan fingerprint density at radius 1 is 1.50 bits per heavy atom. The molecule has 1 aromatic rings. The molecule has 18 heavy (non-hydrogen) atoms. The number of hydrogen-bond donors (Lipinski definition) is 2. The third-order valence-corrected chi connectivity index (χ3v) is 3.40. The van der Waals surface area contributed by atoms with Gasteiger partial charge in [-0.2, -0.15) is 0 Å². The molecule has 2 rings (SSSR count). The molecule has 2 heterocycles. The van der Waals surface area contributed by atoms with Crippen molar-refractivity contribution >= 4 is 11.5 Å². The summed E-state index contributed by atoms with van der Waals surface area (Å²) in [7, 11) is 2.16. The average molecular weight is 247 g/mol. The van der Waals surface area contributed by atoms with Gasteiger partial charge in [-0.25, -0.2) is 0 Å². The molecule has 0 aliphatic carbocycles. The Balaban J connectivity index is 2.24. The van der Waals surface area contributed by atoms with Crippen LogP contribution in [0.1, 0.15) is 19.0 Å². The van der Waals surface area contributed by atoms with Gasteiger partial charge in [0.25, 0.3) is 0 Å². The van der Waals surface area contributed by atoms with Crippen molar-refractivity contribution in [2.45, 2.75) is 19.4 Å². The van der Waals surface area contributed by atoms with E-state index in [1.165, 1.54) is 0 Å². The third kappa shape index (κ3) is 2.79. The number of nitrogen functional groups attached to an aromatic ring is 1. The number of nitrogens with one attached hydrogen (secondary N) is 1. The maximum absolute atomic E-state index is 7.46. The summed E-state index contributed by atoms with van der Waals surface area (Å²) in [5.74, 6) is 0.0245. The molecule has 0 spiro atoms. The molecule has 0 aromatic carbocycles.